The molecule has 0 aromatic heterocycles. The Morgan fingerprint density at radius 1 is 1.08 bits per heavy atom. The maximum absolute atomic E-state index is 10.5. The average Bonchev–Trinajstić information content (AvgIpc) is 2.59. The molecule has 0 spiro atoms. The minimum atomic E-state index is -0.510. The molecule has 0 unspecified atom stereocenters. The topological polar surface area (TPSA) is 44.3 Å². The number of aliphatic hydroxyl groups excluding tert-OH is 1. The van der Waals surface area contributed by atoms with Crippen molar-refractivity contribution in [1.82, 2.24) is 5.32 Å². The quantitative estimate of drug-likeness (QED) is 0.560. The highest BCUT2D eigenvalue weighted by Gasteiger charge is 2.18. The summed E-state index contributed by atoms with van der Waals surface area (Å²) >= 11 is 1.57. The van der Waals surface area contributed by atoms with E-state index in [4.69, 9.17) is 0 Å². The Morgan fingerprint density at radius 2 is 1.83 bits per heavy atom. The zero-order valence-electron chi connectivity index (χ0n) is 14.8. The van der Waals surface area contributed by atoms with E-state index < -0.39 is 6.10 Å². The van der Waals surface area contributed by atoms with E-state index in [9.17, 15) is 5.11 Å². The second-order valence-corrected chi connectivity index (χ2v) is 7.55. The fraction of sp³-hybridized carbons (Fsp3) is 0.400. The van der Waals surface area contributed by atoms with Crippen molar-refractivity contribution in [2.24, 2.45) is 0 Å². The van der Waals surface area contributed by atoms with Crippen LogP contribution in [-0.4, -0.2) is 17.2 Å². The molecule has 4 heteroatoms. The van der Waals surface area contributed by atoms with Gasteiger partial charge in [0.2, 0.25) is 0 Å². The van der Waals surface area contributed by atoms with Gasteiger partial charge in [0.15, 0.2) is 0 Å². The van der Waals surface area contributed by atoms with Crippen LogP contribution in [0.1, 0.15) is 45.3 Å². The van der Waals surface area contributed by atoms with Gasteiger partial charge in [-0.1, -0.05) is 43.7 Å². The predicted molar refractivity (Wildman–Crippen MR) is 104 cm³/mol. The molecule has 130 valence electrons. The number of rotatable bonds is 9. The normalized spacial score (nSPS) is 12.8. The minimum Gasteiger partial charge on any atom is -0.387 e. The number of aliphatic hydroxyl groups is 1. The molecular weight excluding hydrogens is 316 g/mol. The van der Waals surface area contributed by atoms with Crippen molar-refractivity contribution in [2.45, 2.75) is 50.2 Å². The molecular formula is C20H28N2OS. The van der Waals surface area contributed by atoms with Crippen molar-refractivity contribution in [3.05, 3.63) is 60.2 Å². The highest BCUT2D eigenvalue weighted by Crippen LogP contribution is 2.24. The van der Waals surface area contributed by atoms with Gasteiger partial charge in [0.1, 0.15) is 0 Å². The zero-order chi connectivity index (χ0) is 17.4. The number of β-amino-alcohol motifs (C(OH)–C–C–N with tert-alkyl or cyclic N) is 1. The zero-order valence-corrected chi connectivity index (χ0v) is 15.6. The maximum Gasteiger partial charge on any atom is 0.0915 e. The summed E-state index contributed by atoms with van der Waals surface area (Å²) in [7, 11) is 0. The van der Waals surface area contributed by atoms with E-state index in [0.29, 0.717) is 6.54 Å². The van der Waals surface area contributed by atoms with Gasteiger partial charge in [-0.05, 0) is 62.0 Å². The van der Waals surface area contributed by atoms with Crippen LogP contribution in [0.5, 0.6) is 0 Å². The molecule has 0 radical (unpaired) electrons. The molecule has 2 aromatic carbocycles. The van der Waals surface area contributed by atoms with Crippen LogP contribution in [0.15, 0.2) is 59.5 Å². The van der Waals surface area contributed by atoms with Crippen molar-refractivity contribution in [2.75, 3.05) is 11.3 Å². The molecule has 0 heterocycles. The highest BCUT2D eigenvalue weighted by atomic mass is 32.2. The Labute approximate surface area is 150 Å². The Hall–Kier alpha value is -1.49. The van der Waals surface area contributed by atoms with Crippen LogP contribution in [0.25, 0.3) is 0 Å². The molecule has 0 saturated carbocycles. The average molecular weight is 345 g/mol. The number of hydrogen-bond donors (Lipinski definition) is 3. The van der Waals surface area contributed by atoms with Crippen LogP contribution < -0.4 is 10.0 Å². The summed E-state index contributed by atoms with van der Waals surface area (Å²) in [5.74, 6) is 0. The lowest BCUT2D eigenvalue weighted by atomic mass is 9.98. The van der Waals surface area contributed by atoms with Gasteiger partial charge in [-0.25, -0.2) is 0 Å². The van der Waals surface area contributed by atoms with Crippen LogP contribution in [0, 0.1) is 0 Å². The van der Waals surface area contributed by atoms with E-state index in [1.54, 1.807) is 11.9 Å². The smallest absolute Gasteiger partial charge is 0.0915 e. The van der Waals surface area contributed by atoms with Crippen LogP contribution in [-0.2, 0) is 0 Å². The molecule has 24 heavy (non-hydrogen) atoms. The van der Waals surface area contributed by atoms with E-state index in [-0.39, 0.29) is 5.54 Å². The van der Waals surface area contributed by atoms with Gasteiger partial charge in [0.25, 0.3) is 0 Å². The van der Waals surface area contributed by atoms with Gasteiger partial charge in [-0.15, -0.1) is 0 Å². The first-order valence-corrected chi connectivity index (χ1v) is 9.33. The molecule has 0 aliphatic heterocycles. The predicted octanol–water partition coefficient (Wildman–Crippen LogP) is 5.01. The van der Waals surface area contributed by atoms with Gasteiger partial charge < -0.3 is 15.1 Å². The summed E-state index contributed by atoms with van der Waals surface area (Å²) in [6.45, 7) is 7.09. The Kier molecular flexibility index (Phi) is 7.16. The van der Waals surface area contributed by atoms with E-state index in [2.05, 4.69) is 42.9 Å². The fourth-order valence-electron chi connectivity index (χ4n) is 2.62. The monoisotopic (exact) mass is 344 g/mol. The van der Waals surface area contributed by atoms with Gasteiger partial charge in [-0.2, -0.15) is 0 Å². The van der Waals surface area contributed by atoms with Crippen LogP contribution >= 0.6 is 11.9 Å². The van der Waals surface area contributed by atoms with E-state index in [1.165, 1.54) is 0 Å². The molecule has 0 aliphatic carbocycles. The van der Waals surface area contributed by atoms with E-state index >= 15 is 0 Å². The maximum atomic E-state index is 10.5. The van der Waals surface area contributed by atoms with Crippen LogP contribution in [0.2, 0.25) is 0 Å². The number of benzene rings is 2. The van der Waals surface area contributed by atoms with Crippen molar-refractivity contribution in [3.8, 4) is 0 Å². The van der Waals surface area contributed by atoms with Crippen molar-refractivity contribution in [3.63, 3.8) is 0 Å². The summed E-state index contributed by atoms with van der Waals surface area (Å²) in [4.78, 5) is 1.16. The lowest BCUT2D eigenvalue weighted by Gasteiger charge is -2.27. The summed E-state index contributed by atoms with van der Waals surface area (Å²) < 4.78 is 3.33. The third-order valence-corrected chi connectivity index (χ3v) is 4.80. The first-order valence-electron chi connectivity index (χ1n) is 8.51. The molecule has 2 aromatic rings. The lowest BCUT2D eigenvalue weighted by Crippen LogP contribution is -2.41. The minimum absolute atomic E-state index is 0.0503. The van der Waals surface area contributed by atoms with Gasteiger partial charge >= 0.3 is 0 Å². The van der Waals surface area contributed by atoms with Crippen molar-refractivity contribution < 1.29 is 5.11 Å². The number of anilines is 1. The Bertz CT molecular complexity index is 616. The Balaban J connectivity index is 1.91. The van der Waals surface area contributed by atoms with Gasteiger partial charge in [0, 0.05) is 22.7 Å². The summed E-state index contributed by atoms with van der Waals surface area (Å²) in [6.07, 6.45) is 1.71. The standard InChI is InChI=1S/C20H28N2OS/c1-4-13-20(2,3)21-15-19(23)16-9-8-10-17(14-16)22-24-18-11-6-5-7-12-18/h5-12,14,19,21-23H,4,13,15H2,1-3H3/t19-/m0/s1. The molecule has 0 bridgehead atoms. The highest BCUT2D eigenvalue weighted by molar-refractivity contribution is 8.00. The second kappa shape index (κ2) is 9.11. The molecule has 2 rings (SSSR count). The first kappa shape index (κ1) is 18.8. The first-order chi connectivity index (χ1) is 11.5. The molecule has 0 saturated heterocycles. The van der Waals surface area contributed by atoms with E-state index in [1.807, 2.05) is 42.5 Å². The summed E-state index contributed by atoms with van der Waals surface area (Å²) in [5.41, 5.74) is 1.97. The SMILES string of the molecule is CCCC(C)(C)NC[C@H](O)c1cccc(NSc2ccccc2)c1. The molecule has 0 fully saturated rings. The van der Waals surface area contributed by atoms with Gasteiger partial charge in [-0.3, -0.25) is 0 Å². The van der Waals surface area contributed by atoms with Crippen LogP contribution in [0.4, 0.5) is 5.69 Å². The molecule has 0 amide bonds. The third kappa shape index (κ3) is 6.19. The van der Waals surface area contributed by atoms with Crippen molar-refractivity contribution in [1.29, 1.82) is 0 Å². The van der Waals surface area contributed by atoms with Crippen LogP contribution in [0.3, 0.4) is 0 Å². The largest absolute Gasteiger partial charge is 0.387 e. The second-order valence-electron chi connectivity index (χ2n) is 6.67. The summed E-state index contributed by atoms with van der Waals surface area (Å²) in [5, 5.41) is 13.9. The number of nitrogens with one attached hydrogen (secondary N) is 2. The lowest BCUT2D eigenvalue weighted by molar-refractivity contribution is 0.159. The molecule has 3 N–H and O–H groups in total. The molecule has 3 nitrogen and oxygen atoms in total. The molecule has 1 atom stereocenters. The molecule has 0 aliphatic rings. The summed E-state index contributed by atoms with van der Waals surface area (Å²) in [6, 6.07) is 18.2. The van der Waals surface area contributed by atoms with Crippen molar-refractivity contribution >= 4 is 17.6 Å². The fourth-order valence-corrected chi connectivity index (χ4v) is 3.28. The number of hydrogen-bond acceptors (Lipinski definition) is 4. The van der Waals surface area contributed by atoms with E-state index in [0.717, 1.165) is 29.0 Å². The Morgan fingerprint density at radius 3 is 2.54 bits per heavy atom. The van der Waals surface area contributed by atoms with Gasteiger partial charge in [0.05, 0.1) is 6.10 Å². The third-order valence-electron chi connectivity index (χ3n) is 3.95.